The van der Waals surface area contributed by atoms with Crippen molar-refractivity contribution in [1.82, 2.24) is 0 Å². The van der Waals surface area contributed by atoms with Crippen LogP contribution in [0.25, 0.3) is 0 Å². The molecular formula is C60H106O12Sn. The molecule has 0 radical (unpaired) electrons. The van der Waals surface area contributed by atoms with Crippen molar-refractivity contribution in [2.75, 3.05) is 19.8 Å². The normalized spacial score (nSPS) is 12.3. The number of hydrogen-bond donors (Lipinski definition) is 0. The number of carbonyl (C=O) groups excluding carboxylic acids is 6. The van der Waals surface area contributed by atoms with Crippen LogP contribution in [0.15, 0.2) is 36.5 Å². The van der Waals surface area contributed by atoms with Crippen molar-refractivity contribution in [2.24, 2.45) is 0 Å². The standard InChI is InChI=1S/3C16H28O4.C12H25.Sn/c3*1-2-3-4-5-6-7-8-9-10-11-14-20-16(19)13-12-15(17)18;1-3-5-7-9-11-12-10-8-6-4-2;/h3*12-13H,2-11,14H2,1H3,(H,17,18);1,3-12H2,2H3;/q;;;;+3/p-3. The summed E-state index contributed by atoms with van der Waals surface area (Å²) in [4.78, 5) is 78.1. The van der Waals surface area contributed by atoms with Gasteiger partial charge >= 0.3 is 336 Å². The second-order valence-corrected chi connectivity index (χ2v) is 27.0. The van der Waals surface area contributed by atoms with E-state index in [1.807, 2.05) is 0 Å². The number of unbranched alkanes of at least 4 members (excludes halogenated alkanes) is 36. The molecule has 0 aromatic rings. The smallest absolute Gasteiger partial charge is 0.0654 e. The number of ether oxygens (including phenoxy) is 3. The summed E-state index contributed by atoms with van der Waals surface area (Å²) in [7, 11) is 0. The van der Waals surface area contributed by atoms with E-state index in [1.165, 1.54) is 141 Å². The molecule has 0 aliphatic rings. The Balaban J connectivity index is 5.80. The summed E-state index contributed by atoms with van der Waals surface area (Å²) in [5.41, 5.74) is 0. The number of rotatable bonds is 53. The van der Waals surface area contributed by atoms with Gasteiger partial charge in [-0.15, -0.1) is 0 Å². The van der Waals surface area contributed by atoms with Gasteiger partial charge in [0.15, 0.2) is 0 Å². The summed E-state index contributed by atoms with van der Waals surface area (Å²) in [6, 6.07) is 0. The molecule has 0 aliphatic heterocycles. The molecule has 0 rings (SSSR count). The summed E-state index contributed by atoms with van der Waals surface area (Å²) < 4.78 is 33.4. The van der Waals surface area contributed by atoms with Crippen molar-refractivity contribution in [3.05, 3.63) is 36.5 Å². The fourth-order valence-electron chi connectivity index (χ4n) is 8.45. The third kappa shape index (κ3) is 49.5. The fourth-order valence-corrected chi connectivity index (χ4v) is 14.8. The van der Waals surface area contributed by atoms with Gasteiger partial charge in [0.2, 0.25) is 0 Å². The first-order valence-corrected chi connectivity index (χ1v) is 35.4. The zero-order valence-corrected chi connectivity index (χ0v) is 49.8. The average Bonchev–Trinajstić information content (AvgIpc) is 3.37. The summed E-state index contributed by atoms with van der Waals surface area (Å²) in [5.74, 6) is -5.39. The molecule has 0 unspecified atom stereocenters. The Morgan fingerprint density at radius 2 is 0.425 bits per heavy atom. The van der Waals surface area contributed by atoms with E-state index < -0.39 is 55.4 Å². The molecule has 0 amide bonds. The Bertz CT molecular complexity index is 1310. The van der Waals surface area contributed by atoms with E-state index in [0.29, 0.717) is 32.1 Å². The molecule has 0 bridgehead atoms. The van der Waals surface area contributed by atoms with Crippen LogP contribution in [0.4, 0.5) is 0 Å². The van der Waals surface area contributed by atoms with Gasteiger partial charge in [0.1, 0.15) is 0 Å². The van der Waals surface area contributed by atoms with Crippen molar-refractivity contribution in [2.45, 2.75) is 289 Å². The van der Waals surface area contributed by atoms with E-state index >= 15 is 0 Å². The van der Waals surface area contributed by atoms with Crippen LogP contribution in [-0.4, -0.2) is 75.3 Å². The molecule has 0 atom stereocenters. The molecule has 12 nitrogen and oxygen atoms in total. The van der Waals surface area contributed by atoms with Crippen LogP contribution in [-0.2, 0) is 52.2 Å². The van der Waals surface area contributed by atoms with Crippen molar-refractivity contribution < 1.29 is 52.2 Å². The molecule has 0 saturated carbocycles. The van der Waals surface area contributed by atoms with Crippen LogP contribution < -0.4 is 0 Å². The van der Waals surface area contributed by atoms with Gasteiger partial charge in [-0.05, 0) is 0 Å². The van der Waals surface area contributed by atoms with E-state index in [2.05, 4.69) is 27.7 Å². The minimum absolute atomic E-state index is 0.0561. The quantitative estimate of drug-likeness (QED) is 0.0187. The molecule has 0 aromatic heterocycles. The van der Waals surface area contributed by atoms with E-state index in [0.717, 1.165) is 120 Å². The molecule has 13 heteroatoms. The molecular weight excluding hydrogens is 1030 g/mol. The van der Waals surface area contributed by atoms with Gasteiger partial charge in [-0.1, -0.05) is 117 Å². The van der Waals surface area contributed by atoms with Gasteiger partial charge in [0, 0.05) is 0 Å². The Labute approximate surface area is 450 Å². The van der Waals surface area contributed by atoms with Crippen LogP contribution in [0.1, 0.15) is 285 Å². The van der Waals surface area contributed by atoms with Gasteiger partial charge in [0.05, 0.1) is 0 Å². The fraction of sp³-hybridized carbons (Fsp3) is 0.800. The maximum atomic E-state index is 13.4. The van der Waals surface area contributed by atoms with Crippen LogP contribution >= 0.6 is 0 Å². The van der Waals surface area contributed by atoms with E-state index in [9.17, 15) is 28.8 Å². The second-order valence-electron chi connectivity index (χ2n) is 19.9. The van der Waals surface area contributed by atoms with Crippen molar-refractivity contribution >= 4 is 55.4 Å². The van der Waals surface area contributed by atoms with Gasteiger partial charge < -0.3 is 0 Å². The zero-order chi connectivity index (χ0) is 53.6. The average molecular weight is 1140 g/mol. The summed E-state index contributed by atoms with van der Waals surface area (Å²) in [6.07, 6.45) is 49.5. The molecule has 0 fully saturated rings. The number of hydrogen-bond acceptors (Lipinski definition) is 12. The van der Waals surface area contributed by atoms with Crippen molar-refractivity contribution in [1.29, 1.82) is 0 Å². The van der Waals surface area contributed by atoms with Crippen LogP contribution in [0.5, 0.6) is 0 Å². The monoisotopic (exact) mass is 1140 g/mol. The third-order valence-corrected chi connectivity index (χ3v) is 20.0. The Hall–Kier alpha value is -3.16. The molecule has 73 heavy (non-hydrogen) atoms. The third-order valence-electron chi connectivity index (χ3n) is 12.9. The molecule has 0 heterocycles. The predicted molar refractivity (Wildman–Crippen MR) is 297 cm³/mol. The van der Waals surface area contributed by atoms with Crippen LogP contribution in [0.3, 0.4) is 0 Å². The molecule has 0 spiro atoms. The van der Waals surface area contributed by atoms with Crippen molar-refractivity contribution in [3.8, 4) is 0 Å². The second kappa shape index (κ2) is 53.7. The van der Waals surface area contributed by atoms with E-state index in [4.69, 9.17) is 23.4 Å². The predicted octanol–water partition coefficient (Wildman–Crippen LogP) is 16.5. The molecule has 0 aliphatic carbocycles. The first-order valence-electron chi connectivity index (χ1n) is 29.8. The summed E-state index contributed by atoms with van der Waals surface area (Å²) >= 11 is -5.65. The SMILES string of the molecule is CCCCCCCCCCCCOC(=O)C=CC(=O)[O][Sn]([CH2]CCCCCCCCCCC)([O]C(=O)C=CC(=O)OCCCCCCCCCCCC)[O]C(=O)C=CC(=O)OCCCCCCCCCCCC. The van der Waals surface area contributed by atoms with Gasteiger partial charge in [-0.2, -0.15) is 0 Å². The van der Waals surface area contributed by atoms with E-state index in [-0.39, 0.29) is 24.3 Å². The number of esters is 3. The van der Waals surface area contributed by atoms with Crippen LogP contribution in [0, 0.1) is 0 Å². The number of carbonyl (C=O) groups is 6. The summed E-state index contributed by atoms with van der Waals surface area (Å²) in [6.45, 7) is 9.44. The summed E-state index contributed by atoms with van der Waals surface area (Å²) in [5, 5.41) is 0. The maximum absolute atomic E-state index is 13.4. The zero-order valence-electron chi connectivity index (χ0n) is 47.0. The topological polar surface area (TPSA) is 158 Å². The van der Waals surface area contributed by atoms with Gasteiger partial charge in [-0.3, -0.25) is 0 Å². The Morgan fingerprint density at radius 3 is 0.644 bits per heavy atom. The minimum Gasteiger partial charge on any atom is -0.0654 e. The minimum atomic E-state index is -5.65. The first kappa shape index (κ1) is 69.8. The Morgan fingerprint density at radius 1 is 0.247 bits per heavy atom. The molecule has 0 N–H and O–H groups in total. The molecule has 0 aromatic carbocycles. The van der Waals surface area contributed by atoms with Gasteiger partial charge in [0.25, 0.3) is 0 Å². The van der Waals surface area contributed by atoms with Crippen LogP contribution in [0.2, 0.25) is 4.44 Å². The molecule has 422 valence electrons. The Kier molecular flexibility index (Phi) is 51.3. The first-order chi connectivity index (χ1) is 35.6. The van der Waals surface area contributed by atoms with Crippen molar-refractivity contribution in [3.63, 3.8) is 0 Å². The van der Waals surface area contributed by atoms with Gasteiger partial charge in [-0.25, -0.2) is 0 Å². The van der Waals surface area contributed by atoms with E-state index in [1.54, 1.807) is 0 Å². The molecule has 0 saturated heterocycles.